The van der Waals surface area contributed by atoms with Crippen LogP contribution in [-0.4, -0.2) is 68.9 Å². The Labute approximate surface area is 250 Å². The summed E-state index contributed by atoms with van der Waals surface area (Å²) in [5, 5.41) is 6.69. The maximum absolute atomic E-state index is 14.4. The van der Waals surface area contributed by atoms with Crippen LogP contribution in [0.5, 0.6) is 0 Å². The number of amides is 2. The van der Waals surface area contributed by atoms with E-state index in [1.54, 1.807) is 18.3 Å². The molecule has 1 fully saturated rings. The smallest absolute Gasteiger partial charge is 0.268 e. The zero-order chi connectivity index (χ0) is 29.5. The number of morpholine rings is 1. The summed E-state index contributed by atoms with van der Waals surface area (Å²) in [5.41, 5.74) is 4.15. The third-order valence-electron chi connectivity index (χ3n) is 8.36. The molecular weight excluding hydrogens is 540 g/mol. The largest absolute Gasteiger partial charge is 0.379 e. The normalized spacial score (nSPS) is 16.5. The molecule has 5 aromatic rings. The van der Waals surface area contributed by atoms with Crippen molar-refractivity contribution in [2.24, 2.45) is 0 Å². The van der Waals surface area contributed by atoms with Gasteiger partial charge in [-0.3, -0.25) is 14.5 Å². The van der Waals surface area contributed by atoms with E-state index in [9.17, 15) is 9.59 Å². The van der Waals surface area contributed by atoms with Gasteiger partial charge >= 0.3 is 0 Å². The summed E-state index contributed by atoms with van der Waals surface area (Å²) in [4.78, 5) is 37.1. The molecule has 0 atom stereocenters. The second-order valence-electron chi connectivity index (χ2n) is 11.3. The number of ether oxygens (including phenoxy) is 1. The molecule has 0 saturated carbocycles. The van der Waals surface area contributed by atoms with Gasteiger partial charge in [-0.25, -0.2) is 14.6 Å². The van der Waals surface area contributed by atoms with Gasteiger partial charge in [0.25, 0.3) is 11.8 Å². The molecule has 7 rings (SSSR count). The molecule has 2 amide bonds. The first-order valence-corrected chi connectivity index (χ1v) is 14.9. The van der Waals surface area contributed by atoms with E-state index in [2.05, 4.69) is 34.4 Å². The Morgan fingerprint density at radius 2 is 1.56 bits per heavy atom. The first-order chi connectivity index (χ1) is 21.0. The standard InChI is InChI=1S/C34H34N6O3/c1-23(2)38-22-27(25-12-6-7-14-28(25)38)29-30(34(42)40(33(29)41)24-10-4-3-5-11-24)31-26-13-8-15-35-32(26)39(36-31)17-9-16-37-18-20-43-21-19-37/h3-8,10-15,22-23H,9,16-21H2,1-2H3. The number of hydrogen-bond donors (Lipinski definition) is 0. The summed E-state index contributed by atoms with van der Waals surface area (Å²) in [5.74, 6) is -0.729. The van der Waals surface area contributed by atoms with Crippen molar-refractivity contribution in [3.63, 3.8) is 0 Å². The van der Waals surface area contributed by atoms with Crippen molar-refractivity contribution >= 4 is 50.6 Å². The molecule has 0 spiro atoms. The highest BCUT2D eigenvalue weighted by atomic mass is 16.5. The van der Waals surface area contributed by atoms with Crippen molar-refractivity contribution in [1.29, 1.82) is 0 Å². The van der Waals surface area contributed by atoms with Crippen molar-refractivity contribution < 1.29 is 14.3 Å². The molecule has 218 valence electrons. The molecule has 43 heavy (non-hydrogen) atoms. The number of rotatable bonds is 8. The molecule has 2 aromatic carbocycles. The van der Waals surface area contributed by atoms with Gasteiger partial charge in [-0.05, 0) is 50.6 Å². The van der Waals surface area contributed by atoms with Crippen LogP contribution in [-0.2, 0) is 20.9 Å². The number of benzene rings is 2. The number of carbonyl (C=O) groups excluding carboxylic acids is 2. The third kappa shape index (κ3) is 4.74. The quantitative estimate of drug-likeness (QED) is 0.238. The minimum Gasteiger partial charge on any atom is -0.379 e. The predicted molar refractivity (Wildman–Crippen MR) is 167 cm³/mol. The fourth-order valence-electron chi connectivity index (χ4n) is 6.26. The highest BCUT2D eigenvalue weighted by Crippen LogP contribution is 2.42. The van der Waals surface area contributed by atoms with E-state index in [1.807, 2.05) is 59.4 Å². The molecule has 0 unspecified atom stereocenters. The Morgan fingerprint density at radius 3 is 2.35 bits per heavy atom. The van der Waals surface area contributed by atoms with Crippen molar-refractivity contribution in [1.82, 2.24) is 24.2 Å². The average molecular weight is 575 g/mol. The molecule has 0 N–H and O–H groups in total. The maximum Gasteiger partial charge on any atom is 0.268 e. The van der Waals surface area contributed by atoms with Gasteiger partial charge in [0.05, 0.1) is 30.0 Å². The Morgan fingerprint density at radius 1 is 0.837 bits per heavy atom. The number of anilines is 1. The van der Waals surface area contributed by atoms with Crippen LogP contribution in [0.1, 0.15) is 37.6 Å². The molecule has 0 radical (unpaired) electrons. The van der Waals surface area contributed by atoms with E-state index in [-0.39, 0.29) is 17.9 Å². The summed E-state index contributed by atoms with van der Waals surface area (Å²) < 4.78 is 9.53. The lowest BCUT2D eigenvalue weighted by Gasteiger charge is -2.26. The van der Waals surface area contributed by atoms with Crippen LogP contribution < -0.4 is 4.90 Å². The molecule has 0 bridgehead atoms. The summed E-state index contributed by atoms with van der Waals surface area (Å²) >= 11 is 0. The SMILES string of the molecule is CC(C)n1cc(C2=C(c3nn(CCCN4CCOCC4)c4ncccc34)C(=O)N(c3ccccc3)C2=O)c2ccccc21. The highest BCUT2D eigenvalue weighted by molar-refractivity contribution is 6.58. The van der Waals surface area contributed by atoms with E-state index >= 15 is 0 Å². The van der Waals surface area contributed by atoms with Gasteiger partial charge in [-0.1, -0.05) is 36.4 Å². The summed E-state index contributed by atoms with van der Waals surface area (Å²) in [6.07, 6.45) is 4.63. The zero-order valence-corrected chi connectivity index (χ0v) is 24.4. The number of hydrogen-bond acceptors (Lipinski definition) is 6. The fraction of sp³-hybridized carbons (Fsp3) is 0.294. The maximum atomic E-state index is 14.4. The van der Waals surface area contributed by atoms with E-state index < -0.39 is 0 Å². The molecule has 1 saturated heterocycles. The summed E-state index contributed by atoms with van der Waals surface area (Å²) in [7, 11) is 0. The third-order valence-corrected chi connectivity index (χ3v) is 8.36. The van der Waals surface area contributed by atoms with Gasteiger partial charge in [-0.2, -0.15) is 5.10 Å². The zero-order valence-electron chi connectivity index (χ0n) is 24.4. The Bertz CT molecular complexity index is 1860. The second-order valence-corrected chi connectivity index (χ2v) is 11.3. The number of para-hydroxylation sites is 2. The Kier molecular flexibility index (Phi) is 7.12. The van der Waals surface area contributed by atoms with Crippen molar-refractivity contribution in [2.45, 2.75) is 32.9 Å². The molecule has 2 aliphatic rings. The fourth-order valence-corrected chi connectivity index (χ4v) is 6.26. The minimum atomic E-state index is -0.378. The first-order valence-electron chi connectivity index (χ1n) is 14.9. The molecule has 0 aliphatic carbocycles. The van der Waals surface area contributed by atoms with Crippen molar-refractivity contribution in [3.05, 3.63) is 90.4 Å². The second kappa shape index (κ2) is 11.2. The number of aryl methyl sites for hydroxylation is 1. The first kappa shape index (κ1) is 27.2. The average Bonchev–Trinajstić information content (AvgIpc) is 3.67. The number of pyridine rings is 1. The van der Waals surface area contributed by atoms with Gasteiger partial charge in [0.1, 0.15) is 5.69 Å². The molecule has 5 heterocycles. The summed E-state index contributed by atoms with van der Waals surface area (Å²) in [6.45, 7) is 9.16. The van der Waals surface area contributed by atoms with Crippen LogP contribution in [0.3, 0.4) is 0 Å². The van der Waals surface area contributed by atoms with Gasteiger partial charge in [0, 0.05) is 66.5 Å². The van der Waals surface area contributed by atoms with Crippen molar-refractivity contribution in [2.75, 3.05) is 37.7 Å². The monoisotopic (exact) mass is 574 g/mol. The summed E-state index contributed by atoms with van der Waals surface area (Å²) in [6, 6.07) is 21.1. The molecule has 3 aromatic heterocycles. The van der Waals surface area contributed by atoms with Crippen LogP contribution >= 0.6 is 0 Å². The predicted octanol–water partition coefficient (Wildman–Crippen LogP) is 5.17. The Hall–Kier alpha value is -4.60. The van der Waals surface area contributed by atoms with Crippen molar-refractivity contribution in [3.8, 4) is 0 Å². The number of fused-ring (bicyclic) bond motifs is 2. The Balaban J connectivity index is 1.39. The van der Waals surface area contributed by atoms with E-state index in [4.69, 9.17) is 9.84 Å². The van der Waals surface area contributed by atoms with Crippen LogP contribution in [0.25, 0.3) is 33.1 Å². The van der Waals surface area contributed by atoms with Gasteiger partial charge in [0.15, 0.2) is 5.65 Å². The van der Waals surface area contributed by atoms with Crippen LogP contribution in [0, 0.1) is 0 Å². The van der Waals surface area contributed by atoms with Gasteiger partial charge in [0.2, 0.25) is 0 Å². The van der Waals surface area contributed by atoms with E-state index in [1.165, 1.54) is 4.90 Å². The highest BCUT2D eigenvalue weighted by Gasteiger charge is 2.43. The topological polar surface area (TPSA) is 85.5 Å². The van der Waals surface area contributed by atoms with Crippen LogP contribution in [0.4, 0.5) is 5.69 Å². The van der Waals surface area contributed by atoms with E-state index in [0.29, 0.717) is 34.7 Å². The molecule has 2 aliphatic heterocycles. The van der Waals surface area contributed by atoms with Gasteiger partial charge in [-0.15, -0.1) is 0 Å². The number of aromatic nitrogens is 4. The lowest BCUT2D eigenvalue weighted by Crippen LogP contribution is -2.37. The lowest BCUT2D eigenvalue weighted by molar-refractivity contribution is -0.119. The van der Waals surface area contributed by atoms with E-state index in [0.717, 1.165) is 61.1 Å². The number of imide groups is 1. The minimum absolute atomic E-state index is 0.163. The number of nitrogens with zero attached hydrogens (tertiary/aromatic N) is 6. The van der Waals surface area contributed by atoms with Crippen LogP contribution in [0.15, 0.2) is 79.1 Å². The molecule has 9 nitrogen and oxygen atoms in total. The molecule has 9 heteroatoms. The molecular formula is C34H34N6O3. The van der Waals surface area contributed by atoms with Gasteiger partial charge < -0.3 is 9.30 Å². The number of carbonyl (C=O) groups is 2. The lowest BCUT2D eigenvalue weighted by atomic mass is 9.98. The van der Waals surface area contributed by atoms with Crippen LogP contribution in [0.2, 0.25) is 0 Å².